The smallest absolute Gasteiger partial charge is 0.236 e. The van der Waals surface area contributed by atoms with Gasteiger partial charge in [-0.3, -0.25) is 9.69 Å². The fraction of sp³-hybridized carbons (Fsp3) is 0.846. The van der Waals surface area contributed by atoms with E-state index in [-0.39, 0.29) is 5.91 Å². The van der Waals surface area contributed by atoms with Gasteiger partial charge in [-0.1, -0.05) is 6.92 Å². The highest BCUT2D eigenvalue weighted by atomic mass is 16.2. The zero-order valence-corrected chi connectivity index (χ0v) is 12.3. The van der Waals surface area contributed by atoms with Crippen LogP contribution in [0, 0.1) is 11.3 Å². The third-order valence-corrected chi connectivity index (χ3v) is 2.98. The van der Waals surface area contributed by atoms with Crippen molar-refractivity contribution in [3.63, 3.8) is 0 Å². The molecular formula is C13H26N4O. The van der Waals surface area contributed by atoms with Crippen LogP contribution in [0.5, 0.6) is 0 Å². The van der Waals surface area contributed by atoms with Crippen molar-refractivity contribution in [2.24, 2.45) is 0 Å². The Kier molecular flexibility index (Phi) is 8.34. The maximum absolute atomic E-state index is 12.0. The predicted molar refractivity (Wildman–Crippen MR) is 73.1 cm³/mol. The lowest BCUT2D eigenvalue weighted by molar-refractivity contribution is -0.131. The molecule has 0 radical (unpaired) electrons. The van der Waals surface area contributed by atoms with E-state index in [1.165, 1.54) is 0 Å². The number of likely N-dealkylation sites (N-methyl/N-ethyl adjacent to an activating group) is 3. The second kappa shape index (κ2) is 8.90. The fourth-order valence-corrected chi connectivity index (χ4v) is 1.86. The van der Waals surface area contributed by atoms with E-state index in [0.717, 1.165) is 13.1 Å². The predicted octanol–water partition coefficient (Wildman–Crippen LogP) is 0.630. The average molecular weight is 254 g/mol. The molecule has 5 nitrogen and oxygen atoms in total. The summed E-state index contributed by atoms with van der Waals surface area (Å²) in [5, 5.41) is 8.51. The molecular weight excluding hydrogens is 228 g/mol. The summed E-state index contributed by atoms with van der Waals surface area (Å²) in [5.41, 5.74) is 0. The SMILES string of the molecule is CCN(CC(=O)N(C)CCC#N)C(C)CN(C)C. The van der Waals surface area contributed by atoms with Gasteiger partial charge in [-0.05, 0) is 27.6 Å². The number of nitriles is 1. The lowest BCUT2D eigenvalue weighted by Gasteiger charge is -2.30. The molecule has 0 N–H and O–H groups in total. The lowest BCUT2D eigenvalue weighted by Crippen LogP contribution is -2.46. The van der Waals surface area contributed by atoms with Crippen LogP contribution in [-0.4, -0.2) is 74.0 Å². The molecule has 5 heteroatoms. The van der Waals surface area contributed by atoms with Gasteiger partial charge in [-0.15, -0.1) is 0 Å². The van der Waals surface area contributed by atoms with Crippen molar-refractivity contribution in [2.75, 3.05) is 47.3 Å². The van der Waals surface area contributed by atoms with Crippen LogP contribution in [0.25, 0.3) is 0 Å². The number of nitrogens with zero attached hydrogens (tertiary/aromatic N) is 4. The molecule has 1 unspecified atom stereocenters. The molecule has 0 spiro atoms. The molecule has 0 bridgehead atoms. The van der Waals surface area contributed by atoms with Crippen molar-refractivity contribution in [1.29, 1.82) is 5.26 Å². The summed E-state index contributed by atoms with van der Waals surface area (Å²) in [7, 11) is 5.82. The summed E-state index contributed by atoms with van der Waals surface area (Å²) in [6.45, 7) is 6.92. The lowest BCUT2D eigenvalue weighted by atomic mass is 10.2. The van der Waals surface area contributed by atoms with Crippen LogP contribution in [0.2, 0.25) is 0 Å². The number of amides is 1. The second-order valence-electron chi connectivity index (χ2n) is 4.90. The highest BCUT2D eigenvalue weighted by Crippen LogP contribution is 2.01. The van der Waals surface area contributed by atoms with Crippen LogP contribution in [0.15, 0.2) is 0 Å². The quantitative estimate of drug-likeness (QED) is 0.637. The topological polar surface area (TPSA) is 50.6 Å². The summed E-state index contributed by atoms with van der Waals surface area (Å²) in [6.07, 6.45) is 0.390. The zero-order chi connectivity index (χ0) is 14.1. The van der Waals surface area contributed by atoms with Gasteiger partial charge in [0.15, 0.2) is 0 Å². The van der Waals surface area contributed by atoms with E-state index < -0.39 is 0 Å². The van der Waals surface area contributed by atoms with Gasteiger partial charge in [0.2, 0.25) is 5.91 Å². The molecule has 1 atom stereocenters. The third kappa shape index (κ3) is 6.58. The number of hydrogen-bond donors (Lipinski definition) is 0. The molecule has 0 aliphatic heterocycles. The van der Waals surface area contributed by atoms with Crippen molar-refractivity contribution >= 4 is 5.91 Å². The van der Waals surface area contributed by atoms with Crippen LogP contribution in [0.1, 0.15) is 20.3 Å². The molecule has 0 aromatic carbocycles. The highest BCUT2D eigenvalue weighted by molar-refractivity contribution is 5.78. The Morgan fingerprint density at radius 2 is 1.94 bits per heavy atom. The van der Waals surface area contributed by atoms with Crippen LogP contribution in [-0.2, 0) is 4.79 Å². The van der Waals surface area contributed by atoms with Crippen molar-refractivity contribution in [3.8, 4) is 6.07 Å². The van der Waals surface area contributed by atoms with Crippen molar-refractivity contribution in [3.05, 3.63) is 0 Å². The van der Waals surface area contributed by atoms with Crippen molar-refractivity contribution in [1.82, 2.24) is 14.7 Å². The molecule has 1 amide bonds. The molecule has 18 heavy (non-hydrogen) atoms. The first-order valence-electron chi connectivity index (χ1n) is 6.42. The van der Waals surface area contributed by atoms with E-state index in [4.69, 9.17) is 5.26 Å². The summed E-state index contributed by atoms with van der Waals surface area (Å²) in [4.78, 5) is 17.9. The first-order chi connectivity index (χ1) is 8.42. The average Bonchev–Trinajstić information content (AvgIpc) is 2.31. The van der Waals surface area contributed by atoms with Crippen LogP contribution in [0.4, 0.5) is 0 Å². The van der Waals surface area contributed by atoms with E-state index in [1.54, 1.807) is 11.9 Å². The van der Waals surface area contributed by atoms with Crippen LogP contribution >= 0.6 is 0 Å². The summed E-state index contributed by atoms with van der Waals surface area (Å²) in [6, 6.07) is 2.40. The van der Waals surface area contributed by atoms with Gasteiger partial charge >= 0.3 is 0 Å². The molecule has 104 valence electrons. The Labute approximate surface area is 111 Å². The number of carbonyl (C=O) groups excluding carboxylic acids is 1. The van der Waals surface area contributed by atoms with Gasteiger partial charge in [0.1, 0.15) is 0 Å². The minimum Gasteiger partial charge on any atom is -0.344 e. The minimum atomic E-state index is 0.0812. The molecule has 0 fully saturated rings. The van der Waals surface area contributed by atoms with Gasteiger partial charge in [-0.2, -0.15) is 5.26 Å². The first kappa shape index (κ1) is 16.9. The Bertz CT molecular complexity index is 285. The van der Waals surface area contributed by atoms with E-state index in [9.17, 15) is 4.79 Å². The number of carbonyl (C=O) groups is 1. The summed E-state index contributed by atoms with van der Waals surface area (Å²) >= 11 is 0. The van der Waals surface area contributed by atoms with Crippen molar-refractivity contribution in [2.45, 2.75) is 26.3 Å². The van der Waals surface area contributed by atoms with Crippen LogP contribution in [0.3, 0.4) is 0 Å². The van der Waals surface area contributed by atoms with Crippen molar-refractivity contribution < 1.29 is 4.79 Å². The molecule has 0 saturated heterocycles. The standard InChI is InChI=1S/C13H26N4O/c1-6-17(12(2)10-15(3)4)11-13(18)16(5)9-7-8-14/h12H,6-7,9-11H2,1-5H3. The Morgan fingerprint density at radius 1 is 1.33 bits per heavy atom. The Hall–Kier alpha value is -1.12. The van der Waals surface area contributed by atoms with Gasteiger partial charge in [-0.25, -0.2) is 0 Å². The number of hydrogen-bond acceptors (Lipinski definition) is 4. The molecule has 0 aromatic heterocycles. The van der Waals surface area contributed by atoms with Gasteiger partial charge in [0, 0.05) is 26.2 Å². The van der Waals surface area contributed by atoms with Crippen LogP contribution < -0.4 is 0 Å². The molecule has 0 saturated carbocycles. The minimum absolute atomic E-state index is 0.0812. The third-order valence-electron chi connectivity index (χ3n) is 2.98. The van der Waals surface area contributed by atoms with Gasteiger partial charge in [0.05, 0.1) is 19.0 Å². The maximum atomic E-state index is 12.0. The molecule has 0 aromatic rings. The number of rotatable bonds is 8. The van der Waals surface area contributed by atoms with E-state index in [1.807, 2.05) is 14.1 Å². The van der Waals surface area contributed by atoms with Gasteiger partial charge in [0.25, 0.3) is 0 Å². The van der Waals surface area contributed by atoms with Gasteiger partial charge < -0.3 is 9.80 Å². The normalized spacial score (nSPS) is 12.6. The first-order valence-corrected chi connectivity index (χ1v) is 6.42. The Morgan fingerprint density at radius 3 is 2.39 bits per heavy atom. The second-order valence-corrected chi connectivity index (χ2v) is 4.90. The van der Waals surface area contributed by atoms with E-state index in [0.29, 0.717) is 25.6 Å². The molecule has 0 aliphatic rings. The Balaban J connectivity index is 4.27. The maximum Gasteiger partial charge on any atom is 0.236 e. The van der Waals surface area contributed by atoms with E-state index >= 15 is 0 Å². The molecule has 0 rings (SSSR count). The highest BCUT2D eigenvalue weighted by Gasteiger charge is 2.18. The zero-order valence-electron chi connectivity index (χ0n) is 12.3. The largest absolute Gasteiger partial charge is 0.344 e. The summed E-state index contributed by atoms with van der Waals surface area (Å²) < 4.78 is 0. The molecule has 0 heterocycles. The van der Waals surface area contributed by atoms with E-state index in [2.05, 4.69) is 29.7 Å². The fourth-order valence-electron chi connectivity index (χ4n) is 1.86. The molecule has 0 aliphatic carbocycles. The monoisotopic (exact) mass is 254 g/mol. The summed E-state index contributed by atoms with van der Waals surface area (Å²) in [5.74, 6) is 0.0812.